The Hall–Kier alpha value is -2.81. The largest absolute Gasteiger partial charge is 0.376 e. The summed E-state index contributed by atoms with van der Waals surface area (Å²) in [6.07, 6.45) is 0. The highest BCUT2D eigenvalue weighted by molar-refractivity contribution is 5.95. The molecule has 3 rings (SSSR count). The van der Waals surface area contributed by atoms with Crippen molar-refractivity contribution in [2.75, 3.05) is 11.9 Å². The molecule has 0 aliphatic heterocycles. The normalized spacial score (nSPS) is 11.9. The van der Waals surface area contributed by atoms with Crippen molar-refractivity contribution in [1.29, 1.82) is 0 Å². The van der Waals surface area contributed by atoms with Crippen molar-refractivity contribution in [3.05, 3.63) is 78.4 Å². The van der Waals surface area contributed by atoms with Crippen LogP contribution >= 0.6 is 0 Å². The zero-order valence-electron chi connectivity index (χ0n) is 13.1. The molecule has 0 spiro atoms. The highest BCUT2D eigenvalue weighted by atomic mass is 16.1. The molecular formula is C20H20N2O. The van der Waals surface area contributed by atoms with Crippen molar-refractivity contribution >= 4 is 22.4 Å². The van der Waals surface area contributed by atoms with Gasteiger partial charge in [-0.2, -0.15) is 0 Å². The Balaban J connectivity index is 1.62. The fraction of sp³-hybridized carbons (Fsp3) is 0.150. The van der Waals surface area contributed by atoms with E-state index in [0.29, 0.717) is 0 Å². The zero-order chi connectivity index (χ0) is 16.1. The van der Waals surface area contributed by atoms with Gasteiger partial charge in [0.15, 0.2) is 0 Å². The van der Waals surface area contributed by atoms with Crippen LogP contribution in [-0.4, -0.2) is 12.5 Å². The minimum Gasteiger partial charge on any atom is -0.376 e. The van der Waals surface area contributed by atoms with E-state index in [0.717, 1.165) is 22.0 Å². The molecule has 0 bridgehead atoms. The van der Waals surface area contributed by atoms with E-state index in [2.05, 4.69) is 28.8 Å². The molecule has 0 aliphatic rings. The summed E-state index contributed by atoms with van der Waals surface area (Å²) in [5, 5.41) is 8.53. The second-order valence-electron chi connectivity index (χ2n) is 5.58. The maximum atomic E-state index is 12.2. The number of hydrogen-bond acceptors (Lipinski definition) is 2. The quantitative estimate of drug-likeness (QED) is 0.744. The predicted molar refractivity (Wildman–Crippen MR) is 95.4 cm³/mol. The molecule has 0 radical (unpaired) electrons. The molecule has 3 nitrogen and oxygen atoms in total. The first kappa shape index (κ1) is 15.1. The molecule has 0 saturated heterocycles. The van der Waals surface area contributed by atoms with Gasteiger partial charge in [-0.3, -0.25) is 4.79 Å². The SMILES string of the molecule is CC(NC(=O)CNc1cccc2ccccc12)c1ccccc1. The molecule has 1 atom stereocenters. The lowest BCUT2D eigenvalue weighted by atomic mass is 10.1. The number of amides is 1. The smallest absolute Gasteiger partial charge is 0.239 e. The Labute approximate surface area is 136 Å². The standard InChI is InChI=1S/C20H20N2O/c1-15(16-8-3-2-4-9-16)22-20(23)14-21-19-13-7-11-17-10-5-6-12-18(17)19/h2-13,15,21H,14H2,1H3,(H,22,23). The van der Waals surface area contributed by atoms with Crippen LogP contribution in [0.1, 0.15) is 18.5 Å². The van der Waals surface area contributed by atoms with E-state index >= 15 is 0 Å². The Morgan fingerprint density at radius 3 is 2.43 bits per heavy atom. The first-order chi connectivity index (χ1) is 11.2. The molecule has 0 aliphatic carbocycles. The van der Waals surface area contributed by atoms with Gasteiger partial charge in [-0.15, -0.1) is 0 Å². The first-order valence-electron chi connectivity index (χ1n) is 7.80. The molecule has 3 aromatic rings. The van der Waals surface area contributed by atoms with Crippen molar-refractivity contribution in [1.82, 2.24) is 5.32 Å². The van der Waals surface area contributed by atoms with Gasteiger partial charge in [-0.1, -0.05) is 66.7 Å². The van der Waals surface area contributed by atoms with Crippen LogP contribution in [0.5, 0.6) is 0 Å². The maximum Gasteiger partial charge on any atom is 0.239 e. The van der Waals surface area contributed by atoms with Crippen molar-refractivity contribution in [2.24, 2.45) is 0 Å². The fourth-order valence-electron chi connectivity index (χ4n) is 2.67. The van der Waals surface area contributed by atoms with Crippen LogP contribution in [0.25, 0.3) is 10.8 Å². The van der Waals surface area contributed by atoms with Gasteiger partial charge in [0.2, 0.25) is 5.91 Å². The summed E-state index contributed by atoms with van der Waals surface area (Å²) in [6, 6.07) is 24.2. The van der Waals surface area contributed by atoms with Gasteiger partial charge >= 0.3 is 0 Å². The van der Waals surface area contributed by atoms with Gasteiger partial charge in [-0.25, -0.2) is 0 Å². The van der Waals surface area contributed by atoms with Crippen LogP contribution in [0.3, 0.4) is 0 Å². The van der Waals surface area contributed by atoms with Crippen molar-refractivity contribution in [3.8, 4) is 0 Å². The monoisotopic (exact) mass is 304 g/mol. The molecule has 0 aromatic heterocycles. The van der Waals surface area contributed by atoms with Crippen molar-refractivity contribution in [2.45, 2.75) is 13.0 Å². The van der Waals surface area contributed by atoms with Crippen molar-refractivity contribution in [3.63, 3.8) is 0 Å². The minimum absolute atomic E-state index is 0.00184. The summed E-state index contributed by atoms with van der Waals surface area (Å²) >= 11 is 0. The molecule has 0 heterocycles. The molecule has 1 amide bonds. The number of carbonyl (C=O) groups is 1. The molecule has 1 unspecified atom stereocenters. The van der Waals surface area contributed by atoms with Crippen LogP contribution in [0.4, 0.5) is 5.69 Å². The summed E-state index contributed by atoms with van der Waals surface area (Å²) in [5.74, 6) is -0.0192. The predicted octanol–water partition coefficient (Wildman–Crippen LogP) is 4.13. The van der Waals surface area contributed by atoms with E-state index in [9.17, 15) is 4.79 Å². The molecule has 23 heavy (non-hydrogen) atoms. The number of carbonyl (C=O) groups excluding carboxylic acids is 1. The van der Waals surface area contributed by atoms with Crippen LogP contribution in [0, 0.1) is 0 Å². The van der Waals surface area contributed by atoms with E-state index in [1.54, 1.807) is 0 Å². The average Bonchev–Trinajstić information content (AvgIpc) is 2.60. The molecule has 116 valence electrons. The van der Waals surface area contributed by atoms with Crippen LogP contribution in [0.15, 0.2) is 72.8 Å². The Bertz CT molecular complexity index is 794. The third kappa shape index (κ3) is 3.69. The lowest BCUT2D eigenvalue weighted by molar-refractivity contribution is -0.120. The lowest BCUT2D eigenvalue weighted by Gasteiger charge is -2.15. The molecule has 0 fully saturated rings. The fourth-order valence-corrected chi connectivity index (χ4v) is 2.67. The second-order valence-corrected chi connectivity index (χ2v) is 5.58. The Morgan fingerprint density at radius 2 is 1.61 bits per heavy atom. The molecule has 3 aromatic carbocycles. The van der Waals surface area contributed by atoms with Gasteiger partial charge < -0.3 is 10.6 Å². The van der Waals surface area contributed by atoms with Gasteiger partial charge in [0.1, 0.15) is 0 Å². The van der Waals surface area contributed by atoms with E-state index < -0.39 is 0 Å². The minimum atomic E-state index is -0.0192. The van der Waals surface area contributed by atoms with Gasteiger partial charge in [0.25, 0.3) is 0 Å². The number of rotatable bonds is 5. The van der Waals surface area contributed by atoms with Gasteiger partial charge in [-0.05, 0) is 23.9 Å². The third-order valence-corrected chi connectivity index (χ3v) is 3.91. The molecule has 0 saturated carbocycles. The highest BCUT2D eigenvalue weighted by Crippen LogP contribution is 2.22. The second kappa shape index (κ2) is 6.97. The zero-order valence-corrected chi connectivity index (χ0v) is 13.1. The highest BCUT2D eigenvalue weighted by Gasteiger charge is 2.09. The van der Waals surface area contributed by atoms with Gasteiger partial charge in [0, 0.05) is 11.1 Å². The lowest BCUT2D eigenvalue weighted by Crippen LogP contribution is -2.32. The first-order valence-corrected chi connectivity index (χ1v) is 7.80. The van der Waals surface area contributed by atoms with E-state index in [1.807, 2.05) is 61.5 Å². The van der Waals surface area contributed by atoms with Crippen molar-refractivity contribution < 1.29 is 4.79 Å². The summed E-state index contributed by atoms with van der Waals surface area (Å²) < 4.78 is 0. The van der Waals surface area contributed by atoms with Crippen LogP contribution in [-0.2, 0) is 4.79 Å². The Morgan fingerprint density at radius 1 is 0.913 bits per heavy atom. The molecular weight excluding hydrogens is 284 g/mol. The number of fused-ring (bicyclic) bond motifs is 1. The Kier molecular flexibility index (Phi) is 4.57. The van der Waals surface area contributed by atoms with Crippen LogP contribution in [0.2, 0.25) is 0 Å². The number of nitrogens with one attached hydrogen (secondary N) is 2. The van der Waals surface area contributed by atoms with Crippen LogP contribution < -0.4 is 10.6 Å². The number of hydrogen-bond donors (Lipinski definition) is 2. The van der Waals surface area contributed by atoms with E-state index in [1.165, 1.54) is 0 Å². The number of anilines is 1. The number of benzene rings is 3. The molecule has 2 N–H and O–H groups in total. The average molecular weight is 304 g/mol. The molecule has 3 heteroatoms. The van der Waals surface area contributed by atoms with Gasteiger partial charge in [0.05, 0.1) is 12.6 Å². The summed E-state index contributed by atoms with van der Waals surface area (Å²) in [4.78, 5) is 12.2. The summed E-state index contributed by atoms with van der Waals surface area (Å²) in [5.41, 5.74) is 2.08. The third-order valence-electron chi connectivity index (χ3n) is 3.91. The van der Waals surface area contributed by atoms with E-state index in [-0.39, 0.29) is 18.5 Å². The maximum absolute atomic E-state index is 12.2. The summed E-state index contributed by atoms with van der Waals surface area (Å²) in [6.45, 7) is 2.25. The summed E-state index contributed by atoms with van der Waals surface area (Å²) in [7, 11) is 0. The van der Waals surface area contributed by atoms with E-state index in [4.69, 9.17) is 0 Å². The topological polar surface area (TPSA) is 41.1 Å².